The van der Waals surface area contributed by atoms with E-state index in [0.29, 0.717) is 10.5 Å². The van der Waals surface area contributed by atoms with Crippen molar-refractivity contribution < 1.29 is 24.1 Å². The SMILES string of the molecule is CCN1C(=O)C(=O)N(CC(=O)c2ccc(C)c([N+](=O)[O-])c2)C1=O. The van der Waals surface area contributed by atoms with Crippen LogP contribution in [0.3, 0.4) is 0 Å². The average Bonchev–Trinajstić information content (AvgIpc) is 2.70. The minimum absolute atomic E-state index is 0.00898. The Balaban J connectivity index is 2.25. The Bertz CT molecular complexity index is 742. The Labute approximate surface area is 130 Å². The molecule has 0 spiro atoms. The third-order valence-electron chi connectivity index (χ3n) is 3.48. The number of nitro benzene ring substituents is 1. The maximum Gasteiger partial charge on any atom is 0.334 e. The number of imide groups is 2. The fourth-order valence-electron chi connectivity index (χ4n) is 2.18. The molecule has 0 bridgehead atoms. The Morgan fingerprint density at radius 3 is 2.30 bits per heavy atom. The van der Waals surface area contributed by atoms with Crippen LogP contribution in [0, 0.1) is 17.0 Å². The predicted octanol–water partition coefficient (Wildman–Crippen LogP) is 0.897. The lowest BCUT2D eigenvalue weighted by Gasteiger charge is -2.13. The number of aryl methyl sites for hydroxylation is 1. The van der Waals surface area contributed by atoms with Crippen LogP contribution in [0.1, 0.15) is 22.8 Å². The lowest BCUT2D eigenvalue weighted by molar-refractivity contribution is -0.385. The lowest BCUT2D eigenvalue weighted by atomic mass is 10.1. The summed E-state index contributed by atoms with van der Waals surface area (Å²) >= 11 is 0. The van der Waals surface area contributed by atoms with E-state index in [1.807, 2.05) is 0 Å². The quantitative estimate of drug-likeness (QED) is 0.261. The average molecular weight is 319 g/mol. The predicted molar refractivity (Wildman–Crippen MR) is 76.7 cm³/mol. The fourth-order valence-corrected chi connectivity index (χ4v) is 2.18. The molecule has 0 aliphatic carbocycles. The Morgan fingerprint density at radius 1 is 1.17 bits per heavy atom. The third kappa shape index (κ3) is 2.80. The number of nitrogens with zero attached hydrogens (tertiary/aromatic N) is 3. The molecule has 9 nitrogen and oxygen atoms in total. The second-order valence-electron chi connectivity index (χ2n) is 4.90. The number of urea groups is 1. The number of ketones is 1. The van der Waals surface area contributed by atoms with Gasteiger partial charge >= 0.3 is 17.8 Å². The van der Waals surface area contributed by atoms with Crippen LogP contribution in [0.25, 0.3) is 0 Å². The van der Waals surface area contributed by atoms with Crippen molar-refractivity contribution in [3.8, 4) is 0 Å². The highest BCUT2D eigenvalue weighted by atomic mass is 16.6. The van der Waals surface area contributed by atoms with Gasteiger partial charge in [0.25, 0.3) is 5.69 Å². The van der Waals surface area contributed by atoms with Gasteiger partial charge in [0, 0.05) is 23.7 Å². The Morgan fingerprint density at radius 2 is 1.78 bits per heavy atom. The van der Waals surface area contributed by atoms with E-state index in [2.05, 4.69) is 0 Å². The Kier molecular flexibility index (Phi) is 4.21. The van der Waals surface area contributed by atoms with Crippen molar-refractivity contribution in [1.82, 2.24) is 9.80 Å². The van der Waals surface area contributed by atoms with Crippen LogP contribution in [0.4, 0.5) is 10.5 Å². The van der Waals surface area contributed by atoms with Crippen LogP contribution in [0.5, 0.6) is 0 Å². The van der Waals surface area contributed by atoms with Gasteiger partial charge in [-0.15, -0.1) is 0 Å². The van der Waals surface area contributed by atoms with Gasteiger partial charge in [-0.05, 0) is 13.8 Å². The molecule has 0 atom stereocenters. The number of hydrogen-bond donors (Lipinski definition) is 0. The van der Waals surface area contributed by atoms with Gasteiger partial charge in [0.05, 0.1) is 11.5 Å². The zero-order chi connectivity index (χ0) is 17.3. The number of carbonyl (C=O) groups excluding carboxylic acids is 4. The number of carbonyl (C=O) groups is 4. The third-order valence-corrected chi connectivity index (χ3v) is 3.48. The molecule has 120 valence electrons. The van der Waals surface area contributed by atoms with E-state index in [0.717, 1.165) is 11.0 Å². The highest BCUT2D eigenvalue weighted by Gasteiger charge is 2.44. The van der Waals surface area contributed by atoms with E-state index in [-0.39, 0.29) is 17.8 Å². The van der Waals surface area contributed by atoms with Gasteiger partial charge in [-0.25, -0.2) is 9.69 Å². The molecule has 1 aliphatic heterocycles. The van der Waals surface area contributed by atoms with Crippen LogP contribution < -0.4 is 0 Å². The molecular weight excluding hydrogens is 306 g/mol. The van der Waals surface area contributed by atoms with Gasteiger partial charge in [-0.2, -0.15) is 0 Å². The van der Waals surface area contributed by atoms with E-state index in [1.54, 1.807) is 0 Å². The summed E-state index contributed by atoms with van der Waals surface area (Å²) in [5.41, 5.74) is 0.138. The summed E-state index contributed by atoms with van der Waals surface area (Å²) in [7, 11) is 0. The monoisotopic (exact) mass is 319 g/mol. The topological polar surface area (TPSA) is 118 Å². The minimum Gasteiger partial charge on any atom is -0.292 e. The molecule has 1 fully saturated rings. The summed E-state index contributed by atoms with van der Waals surface area (Å²) in [6, 6.07) is 3.00. The van der Waals surface area contributed by atoms with Crippen molar-refractivity contribution in [1.29, 1.82) is 0 Å². The van der Waals surface area contributed by atoms with Crippen LogP contribution in [0.2, 0.25) is 0 Å². The lowest BCUT2D eigenvalue weighted by Crippen LogP contribution is -2.37. The molecule has 1 aromatic rings. The highest BCUT2D eigenvalue weighted by Crippen LogP contribution is 2.20. The van der Waals surface area contributed by atoms with Gasteiger partial charge in [-0.3, -0.25) is 29.4 Å². The molecule has 9 heteroatoms. The summed E-state index contributed by atoms with van der Waals surface area (Å²) in [5, 5.41) is 10.9. The normalized spacial score (nSPS) is 14.6. The van der Waals surface area contributed by atoms with Gasteiger partial charge in [0.1, 0.15) is 0 Å². The number of nitro groups is 1. The Hall–Kier alpha value is -3.10. The summed E-state index contributed by atoms with van der Waals surface area (Å²) in [6.45, 7) is 2.43. The van der Waals surface area contributed by atoms with Gasteiger partial charge in [-0.1, -0.05) is 12.1 Å². The van der Waals surface area contributed by atoms with Crippen molar-refractivity contribution in [3.05, 3.63) is 39.4 Å². The first kappa shape index (κ1) is 16.3. The van der Waals surface area contributed by atoms with E-state index in [4.69, 9.17) is 0 Å². The van der Waals surface area contributed by atoms with E-state index < -0.39 is 35.1 Å². The smallest absolute Gasteiger partial charge is 0.292 e. The van der Waals surface area contributed by atoms with E-state index in [1.165, 1.54) is 26.0 Å². The van der Waals surface area contributed by atoms with E-state index in [9.17, 15) is 29.3 Å². The number of rotatable bonds is 5. The molecule has 2 rings (SSSR count). The van der Waals surface area contributed by atoms with Crippen molar-refractivity contribution in [2.45, 2.75) is 13.8 Å². The van der Waals surface area contributed by atoms with Crippen molar-refractivity contribution in [2.75, 3.05) is 13.1 Å². The van der Waals surface area contributed by atoms with Crippen molar-refractivity contribution >= 4 is 29.3 Å². The number of benzene rings is 1. The van der Waals surface area contributed by atoms with Crippen molar-refractivity contribution in [2.24, 2.45) is 0 Å². The van der Waals surface area contributed by atoms with Crippen LogP contribution in [0.15, 0.2) is 18.2 Å². The standard InChI is InChI=1S/C14H13N3O6/c1-3-15-12(19)13(20)16(14(15)21)7-11(18)9-5-4-8(2)10(6-9)17(22)23/h4-6H,3,7H2,1-2H3. The number of Topliss-reactive ketones (excluding diaryl/α,β-unsaturated/α-hetero) is 1. The summed E-state index contributed by atoms with van der Waals surface area (Å²) in [5.74, 6) is -2.73. The van der Waals surface area contributed by atoms with Gasteiger partial charge in [0.15, 0.2) is 5.78 Å². The molecule has 0 saturated carbocycles. The first-order valence-electron chi connectivity index (χ1n) is 6.73. The van der Waals surface area contributed by atoms with Crippen LogP contribution >= 0.6 is 0 Å². The largest absolute Gasteiger partial charge is 0.334 e. The zero-order valence-corrected chi connectivity index (χ0v) is 12.4. The first-order chi connectivity index (χ1) is 10.8. The number of amides is 4. The molecule has 23 heavy (non-hydrogen) atoms. The summed E-state index contributed by atoms with van der Waals surface area (Å²) in [6.07, 6.45) is 0. The maximum atomic E-state index is 12.2. The van der Waals surface area contributed by atoms with Gasteiger partial charge < -0.3 is 0 Å². The maximum absolute atomic E-state index is 12.2. The molecule has 1 saturated heterocycles. The van der Waals surface area contributed by atoms with Gasteiger partial charge in [0.2, 0.25) is 0 Å². The van der Waals surface area contributed by atoms with Crippen LogP contribution in [-0.4, -0.2) is 51.4 Å². The van der Waals surface area contributed by atoms with Crippen molar-refractivity contribution in [3.63, 3.8) is 0 Å². The molecule has 1 aromatic carbocycles. The zero-order valence-electron chi connectivity index (χ0n) is 12.4. The summed E-state index contributed by atoms with van der Waals surface area (Å²) < 4.78 is 0. The minimum atomic E-state index is -1.08. The fraction of sp³-hybridized carbons (Fsp3) is 0.286. The molecule has 1 aliphatic rings. The molecule has 0 radical (unpaired) electrons. The number of likely N-dealkylation sites (N-methyl/N-ethyl adjacent to an activating group) is 1. The molecule has 0 unspecified atom stereocenters. The second kappa shape index (κ2) is 5.95. The second-order valence-corrected chi connectivity index (χ2v) is 4.90. The molecule has 1 heterocycles. The number of hydrogen-bond acceptors (Lipinski definition) is 6. The van der Waals surface area contributed by atoms with E-state index >= 15 is 0 Å². The molecule has 4 amide bonds. The molecule has 0 N–H and O–H groups in total. The first-order valence-corrected chi connectivity index (χ1v) is 6.73. The summed E-state index contributed by atoms with van der Waals surface area (Å²) in [4.78, 5) is 58.9. The molecular formula is C14H13N3O6. The van der Waals surface area contributed by atoms with Crippen LogP contribution in [-0.2, 0) is 9.59 Å². The molecule has 0 aromatic heterocycles. The highest BCUT2D eigenvalue weighted by molar-refractivity contribution is 6.45.